The molecule has 9 heteroatoms. The number of para-hydroxylation sites is 1. The lowest BCUT2D eigenvalue weighted by molar-refractivity contribution is -0.142. The molecule has 0 unspecified atom stereocenters. The molecule has 1 saturated heterocycles. The van der Waals surface area contributed by atoms with Crippen LogP contribution in [0.5, 0.6) is 0 Å². The van der Waals surface area contributed by atoms with E-state index in [9.17, 15) is 14.4 Å². The van der Waals surface area contributed by atoms with E-state index in [2.05, 4.69) is 42.4 Å². The molecule has 9 nitrogen and oxygen atoms in total. The first-order valence-electron chi connectivity index (χ1n) is 14.3. The first-order chi connectivity index (χ1) is 19.2. The maximum atomic E-state index is 13.9. The van der Waals surface area contributed by atoms with Crippen LogP contribution in [-0.2, 0) is 29.1 Å². The number of piperidine rings is 1. The van der Waals surface area contributed by atoms with Crippen molar-refractivity contribution in [2.45, 2.75) is 65.6 Å². The molecule has 210 valence electrons. The smallest absolute Gasteiger partial charge is 0.322 e. The number of nitrogens with zero attached hydrogens (tertiary/aromatic N) is 4. The summed E-state index contributed by atoms with van der Waals surface area (Å²) in [5.74, 6) is -0.328. The summed E-state index contributed by atoms with van der Waals surface area (Å²) in [7, 11) is 0. The summed E-state index contributed by atoms with van der Waals surface area (Å²) in [5.41, 5.74) is 5.13. The SMILES string of the molecule is CC(C)(C)CN1Cc2c(ccc3[nH]ncc23)C[C@H](CC(=O)N2CCC(N3Cc4ccccc4NC3=O)CC2)C1=O. The van der Waals surface area contributed by atoms with Gasteiger partial charge in [0.1, 0.15) is 0 Å². The number of benzene rings is 2. The first-order valence-corrected chi connectivity index (χ1v) is 14.3. The number of aromatic nitrogens is 2. The maximum Gasteiger partial charge on any atom is 0.322 e. The minimum atomic E-state index is -0.400. The van der Waals surface area contributed by atoms with Gasteiger partial charge < -0.3 is 20.0 Å². The molecule has 0 bridgehead atoms. The molecule has 3 aliphatic heterocycles. The summed E-state index contributed by atoms with van der Waals surface area (Å²) in [5, 5.41) is 11.3. The number of fused-ring (bicyclic) bond motifs is 4. The van der Waals surface area contributed by atoms with Gasteiger partial charge in [-0.1, -0.05) is 45.0 Å². The number of anilines is 1. The van der Waals surface area contributed by atoms with Crippen LogP contribution in [0.2, 0.25) is 0 Å². The third-order valence-electron chi connectivity index (χ3n) is 8.51. The van der Waals surface area contributed by atoms with Crippen LogP contribution in [0.15, 0.2) is 42.6 Å². The molecule has 0 aliphatic carbocycles. The zero-order valence-electron chi connectivity index (χ0n) is 23.6. The van der Waals surface area contributed by atoms with Gasteiger partial charge in [0.25, 0.3) is 0 Å². The van der Waals surface area contributed by atoms with E-state index in [0.717, 1.165) is 46.1 Å². The Morgan fingerprint density at radius 2 is 1.80 bits per heavy atom. The van der Waals surface area contributed by atoms with Gasteiger partial charge in [0.2, 0.25) is 11.8 Å². The molecule has 0 saturated carbocycles. The van der Waals surface area contributed by atoms with Crippen LogP contribution in [0.25, 0.3) is 10.9 Å². The van der Waals surface area contributed by atoms with Crippen molar-refractivity contribution in [3.8, 4) is 0 Å². The normalized spacial score (nSPS) is 20.3. The number of nitrogens with one attached hydrogen (secondary N) is 2. The van der Waals surface area contributed by atoms with Gasteiger partial charge in [-0.15, -0.1) is 0 Å². The Morgan fingerprint density at radius 3 is 2.58 bits per heavy atom. The van der Waals surface area contributed by atoms with Gasteiger partial charge in [-0.25, -0.2) is 4.79 Å². The Bertz CT molecular complexity index is 1450. The van der Waals surface area contributed by atoms with Crippen molar-refractivity contribution in [1.29, 1.82) is 0 Å². The van der Waals surface area contributed by atoms with Gasteiger partial charge in [-0.3, -0.25) is 14.7 Å². The van der Waals surface area contributed by atoms with E-state index in [0.29, 0.717) is 39.1 Å². The zero-order chi connectivity index (χ0) is 28.0. The van der Waals surface area contributed by atoms with Crippen LogP contribution in [0.4, 0.5) is 10.5 Å². The van der Waals surface area contributed by atoms with E-state index in [4.69, 9.17) is 0 Å². The molecule has 1 atom stereocenters. The van der Waals surface area contributed by atoms with Crippen LogP contribution in [-0.4, -0.2) is 68.4 Å². The number of urea groups is 1. The first kappa shape index (κ1) is 26.3. The molecular weight excluding hydrogens is 504 g/mol. The fraction of sp³-hybridized carbons (Fsp3) is 0.484. The standard InChI is InChI=1S/C31H38N6O3/c1-31(2,3)19-36-18-25-20(8-9-27-24(25)16-32-34-27)14-22(29(36)39)15-28(38)35-12-10-23(11-13-35)37-17-21-6-4-5-7-26(21)33-30(37)40/h4-9,16,22-23H,10-15,17-19H2,1-3H3,(H,32,34)(H,33,40)/t22-/m1/s1. The average Bonchev–Trinajstić information content (AvgIpc) is 3.37. The predicted octanol–water partition coefficient (Wildman–Crippen LogP) is 4.54. The number of rotatable bonds is 4. The van der Waals surface area contributed by atoms with Crippen LogP contribution in [0.3, 0.4) is 0 Å². The Labute approximate surface area is 234 Å². The minimum absolute atomic E-state index is 0.0220. The average molecular weight is 543 g/mol. The maximum absolute atomic E-state index is 13.9. The third-order valence-corrected chi connectivity index (χ3v) is 8.51. The van der Waals surface area contributed by atoms with E-state index in [1.54, 1.807) is 0 Å². The number of H-pyrrole nitrogens is 1. The number of carbonyl (C=O) groups excluding carboxylic acids is 3. The highest BCUT2D eigenvalue weighted by Crippen LogP contribution is 2.33. The molecule has 2 aromatic carbocycles. The van der Waals surface area contributed by atoms with Gasteiger partial charge >= 0.3 is 6.03 Å². The van der Waals surface area contributed by atoms with Crippen molar-refractivity contribution in [3.63, 3.8) is 0 Å². The Kier molecular flexibility index (Phi) is 6.76. The number of hydrogen-bond donors (Lipinski definition) is 2. The highest BCUT2D eigenvalue weighted by molar-refractivity contribution is 5.92. The summed E-state index contributed by atoms with van der Waals surface area (Å²) in [6.07, 6.45) is 4.05. The van der Waals surface area contributed by atoms with Crippen LogP contribution in [0, 0.1) is 11.3 Å². The highest BCUT2D eigenvalue weighted by atomic mass is 16.2. The van der Waals surface area contributed by atoms with Crippen LogP contribution in [0.1, 0.15) is 56.7 Å². The molecule has 0 radical (unpaired) electrons. The largest absolute Gasteiger partial charge is 0.343 e. The molecule has 40 heavy (non-hydrogen) atoms. The molecule has 1 aromatic heterocycles. The van der Waals surface area contributed by atoms with Crippen LogP contribution < -0.4 is 5.32 Å². The van der Waals surface area contributed by atoms with Gasteiger partial charge in [0.05, 0.1) is 17.6 Å². The quantitative estimate of drug-likeness (QED) is 0.505. The monoisotopic (exact) mass is 542 g/mol. The molecule has 6 rings (SSSR count). The molecule has 3 aliphatic rings. The predicted molar refractivity (Wildman–Crippen MR) is 153 cm³/mol. The summed E-state index contributed by atoms with van der Waals surface area (Å²) in [6, 6.07) is 12.0. The molecule has 4 amide bonds. The second kappa shape index (κ2) is 10.3. The molecular formula is C31H38N6O3. The van der Waals surface area contributed by atoms with Crippen molar-refractivity contribution < 1.29 is 14.4 Å². The molecule has 0 spiro atoms. The lowest BCUT2D eigenvalue weighted by Crippen LogP contribution is -2.51. The van der Waals surface area contributed by atoms with Gasteiger partial charge in [0, 0.05) is 56.3 Å². The summed E-state index contributed by atoms with van der Waals surface area (Å²) < 4.78 is 0. The Hall–Kier alpha value is -3.88. The van der Waals surface area contributed by atoms with Crippen molar-refractivity contribution in [3.05, 3.63) is 59.3 Å². The van der Waals surface area contributed by atoms with E-state index < -0.39 is 5.92 Å². The lowest BCUT2D eigenvalue weighted by atomic mass is 9.91. The molecule has 3 aromatic rings. The second-order valence-electron chi connectivity index (χ2n) is 12.7. The van der Waals surface area contributed by atoms with Crippen molar-refractivity contribution in [2.75, 3.05) is 25.0 Å². The Balaban J connectivity index is 1.14. The molecule has 1 fully saturated rings. The molecule has 2 N–H and O–H groups in total. The number of carbonyl (C=O) groups is 3. The zero-order valence-corrected chi connectivity index (χ0v) is 23.6. The van der Waals surface area contributed by atoms with E-state index in [1.807, 2.05) is 51.2 Å². The Morgan fingerprint density at radius 1 is 1.02 bits per heavy atom. The third kappa shape index (κ3) is 5.17. The van der Waals surface area contributed by atoms with Crippen molar-refractivity contribution in [1.82, 2.24) is 24.9 Å². The van der Waals surface area contributed by atoms with E-state index >= 15 is 0 Å². The van der Waals surface area contributed by atoms with Crippen LogP contribution >= 0.6 is 0 Å². The number of aromatic amines is 1. The number of hydrogen-bond acceptors (Lipinski definition) is 4. The molecule has 4 heterocycles. The fourth-order valence-corrected chi connectivity index (χ4v) is 6.53. The van der Waals surface area contributed by atoms with E-state index in [-0.39, 0.29) is 35.7 Å². The summed E-state index contributed by atoms with van der Waals surface area (Å²) in [6.45, 7) is 9.32. The van der Waals surface area contributed by atoms with Gasteiger partial charge in [-0.05, 0) is 53.5 Å². The number of likely N-dealkylation sites (tertiary alicyclic amines) is 1. The fourth-order valence-electron chi connectivity index (χ4n) is 6.53. The topological polar surface area (TPSA) is 102 Å². The summed E-state index contributed by atoms with van der Waals surface area (Å²) in [4.78, 5) is 45.9. The van der Waals surface area contributed by atoms with E-state index in [1.165, 1.54) is 0 Å². The van der Waals surface area contributed by atoms with Gasteiger partial charge in [0.15, 0.2) is 0 Å². The second-order valence-corrected chi connectivity index (χ2v) is 12.7. The van der Waals surface area contributed by atoms with Gasteiger partial charge in [-0.2, -0.15) is 5.10 Å². The lowest BCUT2D eigenvalue weighted by Gasteiger charge is -2.41. The van der Waals surface area contributed by atoms with Crippen molar-refractivity contribution >= 4 is 34.4 Å². The minimum Gasteiger partial charge on any atom is -0.343 e. The van der Waals surface area contributed by atoms with Crippen molar-refractivity contribution in [2.24, 2.45) is 11.3 Å². The summed E-state index contributed by atoms with van der Waals surface area (Å²) >= 11 is 0. The highest BCUT2D eigenvalue weighted by Gasteiger charge is 2.37. The number of amides is 4.